The molecule has 0 aliphatic carbocycles. The minimum Gasteiger partial charge on any atom is -0.494 e. The third-order valence-electron chi connectivity index (χ3n) is 3.94. The van der Waals surface area contributed by atoms with E-state index in [1.165, 1.54) is 10.6 Å². The van der Waals surface area contributed by atoms with E-state index in [9.17, 15) is 19.5 Å². The molecule has 1 heterocycles. The second kappa shape index (κ2) is 8.84. The Morgan fingerprint density at radius 1 is 1.23 bits per heavy atom. The Bertz CT molecular complexity index is 827. The van der Waals surface area contributed by atoms with E-state index in [0.717, 1.165) is 11.3 Å². The average molecular weight is 358 g/mol. The van der Waals surface area contributed by atoms with Crippen molar-refractivity contribution >= 4 is 11.9 Å². The van der Waals surface area contributed by atoms with Gasteiger partial charge in [0, 0.05) is 19.8 Å². The summed E-state index contributed by atoms with van der Waals surface area (Å²) in [5.74, 6) is -1.68. The summed E-state index contributed by atoms with van der Waals surface area (Å²) in [5, 5.41) is 12.0. The standard InChI is InChI=1S/C19H22N2O5/c1-3-26-15-8-6-13(7-9-15)11-14(19(24)25)12-20-17(22)16-5-4-10-21(2)18(16)23/h4-10,14H,3,11-12H2,1-2H3,(H,20,22)(H,24,25). The normalized spacial score (nSPS) is 11.6. The predicted molar refractivity (Wildman–Crippen MR) is 96.5 cm³/mol. The molecule has 0 spiro atoms. The molecule has 0 bridgehead atoms. The minimum atomic E-state index is -1.01. The number of ether oxygens (including phenoxy) is 1. The number of aryl methyl sites for hydroxylation is 1. The Morgan fingerprint density at radius 3 is 2.54 bits per heavy atom. The topological polar surface area (TPSA) is 97.6 Å². The highest BCUT2D eigenvalue weighted by atomic mass is 16.5. The van der Waals surface area contributed by atoms with E-state index in [0.29, 0.717) is 6.61 Å². The van der Waals surface area contributed by atoms with Crippen LogP contribution in [0.4, 0.5) is 0 Å². The molecule has 2 N–H and O–H groups in total. The van der Waals surface area contributed by atoms with Gasteiger partial charge in [0.15, 0.2) is 0 Å². The highest BCUT2D eigenvalue weighted by molar-refractivity contribution is 5.94. The van der Waals surface area contributed by atoms with Crippen LogP contribution >= 0.6 is 0 Å². The molecule has 1 aromatic carbocycles. The maximum Gasteiger partial charge on any atom is 0.308 e. The lowest BCUT2D eigenvalue weighted by Gasteiger charge is -2.14. The van der Waals surface area contributed by atoms with Crippen molar-refractivity contribution < 1.29 is 19.4 Å². The van der Waals surface area contributed by atoms with E-state index in [4.69, 9.17) is 4.74 Å². The van der Waals surface area contributed by atoms with Crippen LogP contribution in [-0.4, -0.2) is 34.7 Å². The Balaban J connectivity index is 2.02. The van der Waals surface area contributed by atoms with Crippen molar-refractivity contribution in [3.8, 4) is 5.75 Å². The molecule has 7 heteroatoms. The largest absolute Gasteiger partial charge is 0.494 e. The Hall–Kier alpha value is -3.09. The number of benzene rings is 1. The van der Waals surface area contributed by atoms with Crippen LogP contribution in [0, 0.1) is 5.92 Å². The molecule has 0 fully saturated rings. The van der Waals surface area contributed by atoms with Gasteiger partial charge in [-0.1, -0.05) is 12.1 Å². The van der Waals surface area contributed by atoms with E-state index < -0.39 is 23.4 Å². The number of amides is 1. The number of nitrogens with zero attached hydrogens (tertiary/aromatic N) is 1. The molecule has 2 aromatic rings. The monoisotopic (exact) mass is 358 g/mol. The predicted octanol–water partition coefficient (Wildman–Crippen LogP) is 1.46. The van der Waals surface area contributed by atoms with Crippen LogP contribution in [-0.2, 0) is 18.3 Å². The molecule has 26 heavy (non-hydrogen) atoms. The summed E-state index contributed by atoms with van der Waals surface area (Å²) in [6.45, 7) is 2.37. The Kier molecular flexibility index (Phi) is 6.54. The second-order valence-electron chi connectivity index (χ2n) is 5.86. The summed E-state index contributed by atoms with van der Waals surface area (Å²) >= 11 is 0. The number of rotatable bonds is 8. The van der Waals surface area contributed by atoms with Gasteiger partial charge < -0.3 is 19.7 Å². The summed E-state index contributed by atoms with van der Waals surface area (Å²) in [4.78, 5) is 35.6. The zero-order valence-corrected chi connectivity index (χ0v) is 14.8. The summed E-state index contributed by atoms with van der Waals surface area (Å²) in [7, 11) is 1.55. The zero-order chi connectivity index (χ0) is 19.1. The molecule has 1 amide bonds. The summed E-state index contributed by atoms with van der Waals surface area (Å²) in [6, 6.07) is 10.2. The maximum atomic E-state index is 12.2. The van der Waals surface area contributed by atoms with Crippen molar-refractivity contribution in [2.45, 2.75) is 13.3 Å². The highest BCUT2D eigenvalue weighted by Crippen LogP contribution is 2.15. The highest BCUT2D eigenvalue weighted by Gasteiger charge is 2.20. The molecule has 0 saturated heterocycles. The van der Waals surface area contributed by atoms with Gasteiger partial charge in [-0.05, 0) is 43.2 Å². The molecule has 0 radical (unpaired) electrons. The lowest BCUT2D eigenvalue weighted by atomic mass is 9.99. The number of pyridine rings is 1. The van der Waals surface area contributed by atoms with E-state index in [-0.39, 0.29) is 18.5 Å². The molecule has 1 unspecified atom stereocenters. The number of aliphatic carboxylic acids is 1. The Labute approximate surface area is 151 Å². The summed E-state index contributed by atoms with van der Waals surface area (Å²) in [5.41, 5.74) is 0.384. The van der Waals surface area contributed by atoms with Gasteiger partial charge in [0.25, 0.3) is 11.5 Å². The molecular formula is C19H22N2O5. The van der Waals surface area contributed by atoms with E-state index >= 15 is 0 Å². The van der Waals surface area contributed by atoms with Crippen molar-refractivity contribution in [1.82, 2.24) is 9.88 Å². The summed E-state index contributed by atoms with van der Waals surface area (Å²) in [6.07, 6.45) is 1.81. The minimum absolute atomic E-state index is 0.0137. The van der Waals surface area contributed by atoms with Crippen molar-refractivity contribution in [3.63, 3.8) is 0 Å². The van der Waals surface area contributed by atoms with E-state index in [1.54, 1.807) is 43.6 Å². The molecule has 2 rings (SSSR count). The number of carboxylic acids is 1. The fourth-order valence-electron chi connectivity index (χ4n) is 2.50. The van der Waals surface area contributed by atoms with Crippen molar-refractivity contribution in [2.24, 2.45) is 13.0 Å². The lowest BCUT2D eigenvalue weighted by Crippen LogP contribution is -2.37. The van der Waals surface area contributed by atoms with Crippen LogP contribution in [0.1, 0.15) is 22.8 Å². The van der Waals surface area contributed by atoms with E-state index in [2.05, 4.69) is 5.32 Å². The molecule has 0 aliphatic heterocycles. The maximum absolute atomic E-state index is 12.2. The lowest BCUT2D eigenvalue weighted by molar-refractivity contribution is -0.141. The third kappa shape index (κ3) is 4.95. The average Bonchev–Trinajstić information content (AvgIpc) is 2.62. The van der Waals surface area contributed by atoms with Gasteiger partial charge in [-0.2, -0.15) is 0 Å². The second-order valence-corrected chi connectivity index (χ2v) is 5.86. The first kappa shape index (κ1) is 19.2. The third-order valence-corrected chi connectivity index (χ3v) is 3.94. The van der Waals surface area contributed by atoms with Crippen molar-refractivity contribution in [1.29, 1.82) is 0 Å². The zero-order valence-electron chi connectivity index (χ0n) is 14.8. The number of carbonyl (C=O) groups excluding carboxylic acids is 1. The molecule has 1 aromatic heterocycles. The number of nitrogens with one attached hydrogen (secondary N) is 1. The molecule has 0 aliphatic rings. The van der Waals surface area contributed by atoms with Crippen LogP contribution in [0.15, 0.2) is 47.4 Å². The molecular weight excluding hydrogens is 336 g/mol. The molecule has 0 saturated carbocycles. The van der Waals surface area contributed by atoms with Crippen LogP contribution in [0.25, 0.3) is 0 Å². The van der Waals surface area contributed by atoms with Crippen molar-refractivity contribution in [3.05, 3.63) is 64.1 Å². The first-order valence-corrected chi connectivity index (χ1v) is 8.30. The fourth-order valence-corrected chi connectivity index (χ4v) is 2.50. The number of aromatic nitrogens is 1. The van der Waals surface area contributed by atoms with Gasteiger partial charge in [-0.15, -0.1) is 0 Å². The van der Waals surface area contributed by atoms with Gasteiger partial charge in [-0.25, -0.2) is 0 Å². The van der Waals surface area contributed by atoms with Gasteiger partial charge in [0.2, 0.25) is 0 Å². The number of carbonyl (C=O) groups is 2. The Morgan fingerprint density at radius 2 is 1.92 bits per heavy atom. The van der Waals surface area contributed by atoms with Crippen LogP contribution in [0.5, 0.6) is 5.75 Å². The van der Waals surface area contributed by atoms with Crippen molar-refractivity contribution in [2.75, 3.05) is 13.2 Å². The SMILES string of the molecule is CCOc1ccc(CC(CNC(=O)c2cccn(C)c2=O)C(=O)O)cc1. The summed E-state index contributed by atoms with van der Waals surface area (Å²) < 4.78 is 6.65. The first-order chi connectivity index (χ1) is 12.4. The van der Waals surface area contributed by atoms with Crippen LogP contribution in [0.3, 0.4) is 0 Å². The van der Waals surface area contributed by atoms with Crippen LogP contribution in [0.2, 0.25) is 0 Å². The van der Waals surface area contributed by atoms with Gasteiger partial charge in [0.05, 0.1) is 12.5 Å². The quantitative estimate of drug-likeness (QED) is 0.744. The number of hydrogen-bond donors (Lipinski definition) is 2. The number of hydrogen-bond acceptors (Lipinski definition) is 4. The smallest absolute Gasteiger partial charge is 0.308 e. The molecule has 138 valence electrons. The van der Waals surface area contributed by atoms with Crippen LogP contribution < -0.4 is 15.6 Å². The molecule has 1 atom stereocenters. The van der Waals surface area contributed by atoms with E-state index in [1.807, 2.05) is 6.92 Å². The molecule has 7 nitrogen and oxygen atoms in total. The van der Waals surface area contributed by atoms with Gasteiger partial charge in [0.1, 0.15) is 11.3 Å². The number of carboxylic acid groups (broad SMARTS) is 1. The fraction of sp³-hybridized carbons (Fsp3) is 0.316. The van der Waals surface area contributed by atoms with Gasteiger partial charge in [-0.3, -0.25) is 14.4 Å². The van der Waals surface area contributed by atoms with Gasteiger partial charge >= 0.3 is 5.97 Å². The first-order valence-electron chi connectivity index (χ1n) is 8.30.